The Bertz CT molecular complexity index is 701. The van der Waals surface area contributed by atoms with E-state index in [1.54, 1.807) is 0 Å². The Morgan fingerprint density at radius 2 is 0.886 bits per heavy atom. The van der Waals surface area contributed by atoms with Crippen LogP contribution in [0.1, 0.15) is 13.3 Å². The Morgan fingerprint density at radius 1 is 0.600 bits per heavy atom. The van der Waals surface area contributed by atoms with Crippen molar-refractivity contribution >= 4 is 17.7 Å². The molecule has 0 rings (SSSR count). The maximum absolute atomic E-state index is 13.4. The van der Waals surface area contributed by atoms with Crippen LogP contribution >= 0.6 is 11.8 Å². The van der Waals surface area contributed by atoms with Gasteiger partial charge in [-0.3, -0.25) is 4.79 Å². The van der Waals surface area contributed by atoms with Gasteiger partial charge >= 0.3 is 47.6 Å². The molecule has 0 spiro atoms. The third kappa shape index (κ3) is 6.48. The molecule has 3 nitrogen and oxygen atoms in total. The van der Waals surface area contributed by atoms with Crippen molar-refractivity contribution in [2.45, 2.75) is 61.0 Å². The molecule has 0 aliphatic rings. The van der Waals surface area contributed by atoms with E-state index in [2.05, 4.69) is 0 Å². The van der Waals surface area contributed by atoms with Crippen LogP contribution in [0.15, 0.2) is 0 Å². The van der Waals surface area contributed by atoms with Crippen LogP contribution in [0.3, 0.4) is 0 Å². The lowest BCUT2D eigenvalue weighted by Crippen LogP contribution is -2.74. The molecule has 21 heteroatoms. The zero-order chi connectivity index (χ0) is 29.1. The number of halogens is 17. The van der Waals surface area contributed by atoms with Crippen molar-refractivity contribution in [3.8, 4) is 0 Å². The second kappa shape index (κ2) is 10.9. The van der Waals surface area contributed by atoms with Gasteiger partial charge in [-0.2, -0.15) is 86.4 Å². The third-order valence-corrected chi connectivity index (χ3v) is 4.55. The number of hydrogen-bond acceptors (Lipinski definition) is 3. The lowest BCUT2D eigenvalue weighted by atomic mass is 9.88. The van der Waals surface area contributed by atoms with Crippen molar-refractivity contribution in [2.24, 2.45) is 0 Å². The number of carboxylic acids is 1. The van der Waals surface area contributed by atoms with Gasteiger partial charge in [0.2, 0.25) is 0 Å². The van der Waals surface area contributed by atoms with Crippen LogP contribution in [0.4, 0.5) is 74.6 Å². The Kier molecular flexibility index (Phi) is 11.1. The molecule has 212 valence electrons. The van der Waals surface area contributed by atoms with Crippen LogP contribution in [0, 0.1) is 0 Å². The number of thioether (sulfide) groups is 1. The van der Waals surface area contributed by atoms with Crippen molar-refractivity contribution in [3.63, 3.8) is 0 Å². The zero-order valence-electron chi connectivity index (χ0n) is 16.5. The molecule has 0 aromatic carbocycles. The molecule has 0 radical (unpaired) electrons. The maximum atomic E-state index is 13.4. The first-order valence-corrected chi connectivity index (χ1v) is 9.29. The van der Waals surface area contributed by atoms with Gasteiger partial charge in [0, 0.05) is 19.1 Å². The van der Waals surface area contributed by atoms with Gasteiger partial charge in [-0.1, -0.05) is 0 Å². The van der Waals surface area contributed by atoms with Gasteiger partial charge in [0.15, 0.2) is 0 Å². The molecule has 0 saturated heterocycles. The molecule has 0 aromatic heterocycles. The molecule has 0 unspecified atom stereocenters. The molecule has 0 saturated carbocycles. The van der Waals surface area contributed by atoms with Gasteiger partial charge in [0.25, 0.3) is 5.97 Å². The summed E-state index contributed by atoms with van der Waals surface area (Å²) in [5.74, 6) is -58.6. The molecule has 0 fully saturated rings. The smallest absolute Gasteiger partial charge is 0.460 e. The number of aliphatic hydroxyl groups excluding tert-OH is 1. The Balaban J connectivity index is 0. The molecule has 0 aliphatic carbocycles. The summed E-state index contributed by atoms with van der Waals surface area (Å²) in [5, 5.41) is 15.7. The average Bonchev–Trinajstić information content (AvgIpc) is 2.62. The van der Waals surface area contributed by atoms with Crippen LogP contribution in [-0.4, -0.2) is 81.9 Å². The van der Waals surface area contributed by atoms with E-state index in [9.17, 15) is 74.6 Å². The van der Waals surface area contributed by atoms with Crippen LogP contribution in [-0.2, 0) is 4.79 Å². The predicted molar refractivity (Wildman–Crippen MR) is 83.0 cm³/mol. The standard InChI is InChI=1S/C12H9F17OS.C2H4O2/c13-5(14,1-3-31-4-2-30)6(15,16)7(17,18)8(19,20)9(21,22)10(23,24)11(25,26)12(27,28)29;1-2(3)4/h30H,1-4H2;1H3,(H,3,4). The fraction of sp³-hybridized carbons (Fsp3) is 0.929. The van der Waals surface area contributed by atoms with Crippen molar-refractivity contribution in [1.29, 1.82) is 0 Å². The fourth-order valence-corrected chi connectivity index (χ4v) is 2.45. The van der Waals surface area contributed by atoms with E-state index in [-0.39, 0.29) is 11.8 Å². The number of alkyl halides is 17. The first-order chi connectivity index (χ1) is 15.0. The van der Waals surface area contributed by atoms with E-state index >= 15 is 0 Å². The predicted octanol–water partition coefficient (Wildman–Crippen LogP) is 6.20. The fourth-order valence-electron chi connectivity index (χ4n) is 1.72. The second-order valence-electron chi connectivity index (χ2n) is 6.25. The molecule has 2 N–H and O–H groups in total. The highest BCUT2D eigenvalue weighted by atomic mass is 32.2. The van der Waals surface area contributed by atoms with Crippen molar-refractivity contribution in [2.75, 3.05) is 18.1 Å². The molecule has 0 bridgehead atoms. The van der Waals surface area contributed by atoms with E-state index < -0.39 is 78.1 Å². The number of aliphatic carboxylic acids is 1. The number of hydrogen-bond donors (Lipinski definition) is 2. The van der Waals surface area contributed by atoms with E-state index in [0.29, 0.717) is 0 Å². The van der Waals surface area contributed by atoms with Crippen LogP contribution in [0.25, 0.3) is 0 Å². The van der Waals surface area contributed by atoms with Crippen LogP contribution in [0.5, 0.6) is 0 Å². The van der Waals surface area contributed by atoms with E-state index in [1.807, 2.05) is 0 Å². The summed E-state index contributed by atoms with van der Waals surface area (Å²) in [6.07, 6.45) is -10.3. The molecule has 0 atom stereocenters. The number of aliphatic hydroxyl groups is 1. The normalized spacial score (nSPS) is 14.9. The summed E-state index contributed by atoms with van der Waals surface area (Å²) in [5.41, 5.74) is 0. The molecular weight excluding hydrogens is 571 g/mol. The average molecular weight is 584 g/mol. The van der Waals surface area contributed by atoms with Crippen LogP contribution < -0.4 is 0 Å². The van der Waals surface area contributed by atoms with E-state index in [0.717, 1.165) is 6.92 Å². The largest absolute Gasteiger partial charge is 0.481 e. The summed E-state index contributed by atoms with van der Waals surface area (Å²) < 4.78 is 220. The summed E-state index contributed by atoms with van der Waals surface area (Å²) in [4.78, 5) is 9.00. The highest BCUT2D eigenvalue weighted by Crippen LogP contribution is 2.64. The number of carbonyl (C=O) groups is 1. The van der Waals surface area contributed by atoms with Gasteiger partial charge in [-0.05, 0) is 5.75 Å². The summed E-state index contributed by atoms with van der Waals surface area (Å²) in [6, 6.07) is 0. The van der Waals surface area contributed by atoms with Gasteiger partial charge in [-0.25, -0.2) is 0 Å². The maximum Gasteiger partial charge on any atom is 0.460 e. The van der Waals surface area contributed by atoms with Crippen molar-refractivity contribution in [1.82, 2.24) is 0 Å². The van der Waals surface area contributed by atoms with Gasteiger partial charge in [0.05, 0.1) is 6.61 Å². The number of rotatable bonds is 11. The van der Waals surface area contributed by atoms with Gasteiger partial charge in [0.1, 0.15) is 0 Å². The van der Waals surface area contributed by atoms with Crippen molar-refractivity contribution < 1.29 is 89.6 Å². The van der Waals surface area contributed by atoms with E-state index in [4.69, 9.17) is 15.0 Å². The molecule has 0 aliphatic heterocycles. The minimum absolute atomic E-state index is 0.142. The lowest BCUT2D eigenvalue weighted by molar-refractivity contribution is -0.461. The SMILES string of the molecule is CC(=O)O.OCCSCCC(F)(F)C(F)(F)C(F)(F)C(F)(F)C(F)(F)C(F)(F)C(F)(F)C(F)(F)F. The highest BCUT2D eigenvalue weighted by molar-refractivity contribution is 7.99. The summed E-state index contributed by atoms with van der Waals surface area (Å²) >= 11 is 0.142. The van der Waals surface area contributed by atoms with Crippen LogP contribution in [0.2, 0.25) is 0 Å². The molecule has 35 heavy (non-hydrogen) atoms. The summed E-state index contributed by atoms with van der Waals surface area (Å²) in [7, 11) is 0. The van der Waals surface area contributed by atoms with E-state index in [1.165, 1.54) is 0 Å². The molecule has 0 heterocycles. The first kappa shape index (κ1) is 35.8. The van der Waals surface area contributed by atoms with Gasteiger partial charge in [-0.15, -0.1) is 0 Å². The van der Waals surface area contributed by atoms with Gasteiger partial charge < -0.3 is 10.2 Å². The first-order valence-electron chi connectivity index (χ1n) is 8.14. The number of carboxylic acid groups (broad SMARTS) is 1. The highest BCUT2D eigenvalue weighted by Gasteiger charge is 2.95. The minimum Gasteiger partial charge on any atom is -0.481 e. The summed E-state index contributed by atoms with van der Waals surface area (Å²) in [6.45, 7) is 0.315. The second-order valence-corrected chi connectivity index (χ2v) is 7.48. The molecular formula is C14H13F17O3S. The third-order valence-electron chi connectivity index (χ3n) is 3.58. The monoisotopic (exact) mass is 584 g/mol. The zero-order valence-corrected chi connectivity index (χ0v) is 17.3. The topological polar surface area (TPSA) is 57.5 Å². The Hall–Kier alpha value is -1.41. The molecule has 0 amide bonds. The quantitative estimate of drug-likeness (QED) is 0.224. The minimum atomic E-state index is -8.60. The Labute approximate surface area is 187 Å². The molecule has 0 aromatic rings. The Morgan fingerprint density at radius 3 is 1.17 bits per heavy atom. The lowest BCUT2D eigenvalue weighted by Gasteiger charge is -2.42. The van der Waals surface area contributed by atoms with Crippen molar-refractivity contribution in [3.05, 3.63) is 0 Å².